The van der Waals surface area contributed by atoms with Crippen molar-refractivity contribution >= 4 is 0 Å². The monoisotopic (exact) mass is 177 g/mol. The first-order valence-corrected chi connectivity index (χ1v) is 4.44. The third-order valence-electron chi connectivity index (χ3n) is 1.92. The van der Waals surface area contributed by atoms with E-state index >= 15 is 0 Å². The zero-order valence-corrected chi connectivity index (χ0v) is 8.17. The first-order chi connectivity index (χ1) is 6.27. The second-order valence-corrected chi connectivity index (χ2v) is 2.91. The minimum atomic E-state index is 0.604. The van der Waals surface area contributed by atoms with E-state index < -0.39 is 0 Å². The van der Waals surface area contributed by atoms with Crippen LogP contribution in [0.2, 0.25) is 0 Å². The molecule has 0 aliphatic rings. The van der Waals surface area contributed by atoms with Gasteiger partial charge in [0.25, 0.3) is 0 Å². The molecule has 0 bridgehead atoms. The minimum absolute atomic E-state index is 0.604. The lowest BCUT2D eigenvalue weighted by Crippen LogP contribution is -2.15. The third-order valence-corrected chi connectivity index (χ3v) is 1.92. The number of nitrogens with zero attached hydrogens (tertiary/aromatic N) is 2. The molecule has 3 nitrogen and oxygen atoms in total. The maximum atomic E-state index is 5.13. The van der Waals surface area contributed by atoms with Crippen molar-refractivity contribution in [3.8, 4) is 12.3 Å². The van der Waals surface area contributed by atoms with Crippen LogP contribution in [-0.4, -0.2) is 16.3 Å². The van der Waals surface area contributed by atoms with Crippen molar-refractivity contribution in [2.45, 2.75) is 19.9 Å². The second kappa shape index (κ2) is 4.68. The average Bonchev–Trinajstić information content (AvgIpc) is 2.48. The smallest absolute Gasteiger partial charge is 0.0625 e. The molecule has 0 radical (unpaired) electrons. The van der Waals surface area contributed by atoms with Gasteiger partial charge in [-0.1, -0.05) is 12.8 Å². The van der Waals surface area contributed by atoms with Crippen molar-refractivity contribution in [2.24, 2.45) is 7.05 Å². The Morgan fingerprint density at radius 3 is 3.00 bits per heavy atom. The van der Waals surface area contributed by atoms with Crippen LogP contribution < -0.4 is 5.32 Å². The van der Waals surface area contributed by atoms with Gasteiger partial charge < -0.3 is 5.32 Å². The summed E-state index contributed by atoms with van der Waals surface area (Å²) in [6, 6.07) is 2.10. The van der Waals surface area contributed by atoms with E-state index in [0.717, 1.165) is 18.7 Å². The van der Waals surface area contributed by atoms with Crippen LogP contribution in [0.3, 0.4) is 0 Å². The van der Waals surface area contributed by atoms with E-state index in [1.807, 2.05) is 11.7 Å². The molecule has 0 saturated carbocycles. The van der Waals surface area contributed by atoms with Crippen LogP contribution in [0.1, 0.15) is 18.3 Å². The summed E-state index contributed by atoms with van der Waals surface area (Å²) in [5.41, 5.74) is 2.30. The van der Waals surface area contributed by atoms with Gasteiger partial charge in [0.15, 0.2) is 0 Å². The maximum Gasteiger partial charge on any atom is 0.0625 e. The Labute approximate surface area is 79.1 Å². The second-order valence-electron chi connectivity index (χ2n) is 2.91. The average molecular weight is 177 g/mol. The summed E-state index contributed by atoms with van der Waals surface area (Å²) in [6.45, 7) is 3.49. The number of aryl methyl sites for hydroxylation is 2. The van der Waals surface area contributed by atoms with Crippen molar-refractivity contribution < 1.29 is 0 Å². The molecule has 1 rings (SSSR count). The van der Waals surface area contributed by atoms with Gasteiger partial charge in [-0.2, -0.15) is 5.10 Å². The van der Waals surface area contributed by atoms with Gasteiger partial charge in [-0.25, -0.2) is 0 Å². The number of hydrogen-bond acceptors (Lipinski definition) is 2. The quantitative estimate of drug-likeness (QED) is 0.542. The van der Waals surface area contributed by atoms with Crippen LogP contribution in [0.25, 0.3) is 0 Å². The van der Waals surface area contributed by atoms with E-state index in [1.165, 1.54) is 5.69 Å². The SMILES string of the molecule is C#CCNCc1cc(CC)nn1C. The molecule has 1 aromatic heterocycles. The Morgan fingerprint density at radius 2 is 2.46 bits per heavy atom. The molecule has 3 heteroatoms. The van der Waals surface area contributed by atoms with Crippen LogP contribution in [0.4, 0.5) is 0 Å². The normalized spacial score (nSPS) is 9.92. The summed E-state index contributed by atoms with van der Waals surface area (Å²) in [6.07, 6.45) is 6.10. The summed E-state index contributed by atoms with van der Waals surface area (Å²) in [7, 11) is 1.95. The van der Waals surface area contributed by atoms with Crippen LogP contribution in [0, 0.1) is 12.3 Å². The first-order valence-electron chi connectivity index (χ1n) is 4.44. The number of aromatic nitrogens is 2. The molecule has 0 aliphatic carbocycles. The minimum Gasteiger partial charge on any atom is -0.301 e. The Balaban J connectivity index is 2.56. The van der Waals surface area contributed by atoms with Gasteiger partial charge in [0.05, 0.1) is 17.9 Å². The molecule has 0 amide bonds. The largest absolute Gasteiger partial charge is 0.301 e. The van der Waals surface area contributed by atoms with Crippen LogP contribution in [0.5, 0.6) is 0 Å². The topological polar surface area (TPSA) is 29.9 Å². The van der Waals surface area contributed by atoms with Crippen molar-refractivity contribution in [1.29, 1.82) is 0 Å². The molecular weight excluding hydrogens is 162 g/mol. The van der Waals surface area contributed by atoms with E-state index in [0.29, 0.717) is 6.54 Å². The molecule has 0 saturated heterocycles. The van der Waals surface area contributed by atoms with Gasteiger partial charge in [0.1, 0.15) is 0 Å². The fourth-order valence-corrected chi connectivity index (χ4v) is 1.17. The molecule has 0 spiro atoms. The molecule has 13 heavy (non-hydrogen) atoms. The predicted octanol–water partition coefficient (Wildman–Crippen LogP) is 0.705. The molecular formula is C10H15N3. The summed E-state index contributed by atoms with van der Waals surface area (Å²) in [5, 5.41) is 7.47. The Morgan fingerprint density at radius 1 is 1.69 bits per heavy atom. The highest BCUT2D eigenvalue weighted by atomic mass is 15.3. The number of rotatable bonds is 4. The fraction of sp³-hybridized carbons (Fsp3) is 0.500. The third kappa shape index (κ3) is 2.60. The lowest BCUT2D eigenvalue weighted by atomic mass is 10.3. The Kier molecular flexibility index (Phi) is 3.53. The van der Waals surface area contributed by atoms with Crippen molar-refractivity contribution in [2.75, 3.05) is 6.54 Å². The molecule has 70 valence electrons. The van der Waals surface area contributed by atoms with Gasteiger partial charge in [0.2, 0.25) is 0 Å². The summed E-state index contributed by atoms with van der Waals surface area (Å²) in [5.74, 6) is 2.54. The maximum absolute atomic E-state index is 5.13. The summed E-state index contributed by atoms with van der Waals surface area (Å²) >= 11 is 0. The van der Waals surface area contributed by atoms with E-state index in [2.05, 4.69) is 29.3 Å². The first kappa shape index (κ1) is 9.82. The highest BCUT2D eigenvalue weighted by Gasteiger charge is 2.01. The number of hydrogen-bond donors (Lipinski definition) is 1. The van der Waals surface area contributed by atoms with Crippen LogP contribution >= 0.6 is 0 Å². The fourth-order valence-electron chi connectivity index (χ4n) is 1.17. The van der Waals surface area contributed by atoms with Crippen LogP contribution in [0.15, 0.2) is 6.07 Å². The standard InChI is InChI=1S/C10H15N3/c1-4-6-11-8-10-7-9(5-2)12-13(10)3/h1,7,11H,5-6,8H2,2-3H3. The van der Waals surface area contributed by atoms with Gasteiger partial charge in [0, 0.05) is 13.6 Å². The molecule has 1 N–H and O–H groups in total. The van der Waals surface area contributed by atoms with E-state index in [9.17, 15) is 0 Å². The molecule has 0 unspecified atom stereocenters. The van der Waals surface area contributed by atoms with E-state index in [4.69, 9.17) is 6.42 Å². The zero-order valence-electron chi connectivity index (χ0n) is 8.17. The molecule has 0 atom stereocenters. The number of nitrogens with one attached hydrogen (secondary N) is 1. The van der Waals surface area contributed by atoms with Gasteiger partial charge in [-0.15, -0.1) is 6.42 Å². The molecule has 1 aromatic rings. The Hall–Kier alpha value is -1.27. The number of terminal acetylenes is 1. The van der Waals surface area contributed by atoms with Crippen LogP contribution in [-0.2, 0) is 20.0 Å². The highest BCUT2D eigenvalue weighted by Crippen LogP contribution is 2.02. The van der Waals surface area contributed by atoms with Gasteiger partial charge in [-0.05, 0) is 12.5 Å². The zero-order chi connectivity index (χ0) is 9.68. The van der Waals surface area contributed by atoms with E-state index in [-0.39, 0.29) is 0 Å². The lowest BCUT2D eigenvalue weighted by Gasteiger charge is -2.00. The lowest BCUT2D eigenvalue weighted by molar-refractivity contribution is 0.653. The van der Waals surface area contributed by atoms with Crippen molar-refractivity contribution in [3.05, 3.63) is 17.5 Å². The molecule has 0 aliphatic heterocycles. The summed E-state index contributed by atoms with van der Waals surface area (Å²) in [4.78, 5) is 0. The molecule has 0 aromatic carbocycles. The molecule has 1 heterocycles. The van der Waals surface area contributed by atoms with E-state index in [1.54, 1.807) is 0 Å². The molecule has 0 fully saturated rings. The van der Waals surface area contributed by atoms with Gasteiger partial charge >= 0.3 is 0 Å². The summed E-state index contributed by atoms with van der Waals surface area (Å²) < 4.78 is 1.89. The predicted molar refractivity (Wildman–Crippen MR) is 53.1 cm³/mol. The van der Waals surface area contributed by atoms with Crippen molar-refractivity contribution in [1.82, 2.24) is 15.1 Å². The van der Waals surface area contributed by atoms with Crippen molar-refractivity contribution in [3.63, 3.8) is 0 Å². The Bertz CT molecular complexity index is 306. The van der Waals surface area contributed by atoms with Gasteiger partial charge in [-0.3, -0.25) is 4.68 Å². The highest BCUT2D eigenvalue weighted by molar-refractivity contribution is 5.10.